The second kappa shape index (κ2) is 9.30. The smallest absolute Gasteiger partial charge is 0.308 e. The molecule has 0 radical (unpaired) electrons. The van der Waals surface area contributed by atoms with Crippen LogP contribution in [0.25, 0.3) is 0 Å². The molecule has 0 saturated heterocycles. The molecule has 1 N–H and O–H groups in total. The van der Waals surface area contributed by atoms with E-state index < -0.39 is 17.8 Å². The lowest BCUT2D eigenvalue weighted by molar-refractivity contribution is -0.148. The van der Waals surface area contributed by atoms with Crippen molar-refractivity contribution in [1.82, 2.24) is 10.2 Å². The number of carbonyl (C=O) groups is 4. The minimum Gasteiger partial charge on any atom is -0.456 e. The highest BCUT2D eigenvalue weighted by molar-refractivity contribution is 6.21. The zero-order valence-corrected chi connectivity index (χ0v) is 16.0. The Labute approximate surface area is 159 Å². The molecule has 1 heterocycles. The van der Waals surface area contributed by atoms with Crippen LogP contribution in [0, 0.1) is 5.92 Å². The van der Waals surface area contributed by atoms with Gasteiger partial charge in [-0.25, -0.2) is 0 Å². The summed E-state index contributed by atoms with van der Waals surface area (Å²) in [4.78, 5) is 49.1. The molecule has 1 aliphatic heterocycles. The predicted molar refractivity (Wildman–Crippen MR) is 99.1 cm³/mol. The van der Waals surface area contributed by atoms with Gasteiger partial charge in [-0.2, -0.15) is 0 Å². The monoisotopic (exact) mass is 374 g/mol. The van der Waals surface area contributed by atoms with Crippen molar-refractivity contribution < 1.29 is 23.9 Å². The van der Waals surface area contributed by atoms with Crippen molar-refractivity contribution in [3.8, 4) is 0 Å². The third-order valence-electron chi connectivity index (χ3n) is 4.37. The van der Waals surface area contributed by atoms with E-state index in [-0.39, 0.29) is 31.5 Å². The summed E-state index contributed by atoms with van der Waals surface area (Å²) in [5, 5.41) is 2.78. The summed E-state index contributed by atoms with van der Waals surface area (Å²) in [5.74, 6) is -1.26. The molecular formula is C20H26N2O5. The lowest BCUT2D eigenvalue weighted by Crippen LogP contribution is -2.36. The van der Waals surface area contributed by atoms with E-state index in [1.165, 1.54) is 0 Å². The van der Waals surface area contributed by atoms with Crippen molar-refractivity contribution in [3.63, 3.8) is 0 Å². The quantitative estimate of drug-likeness (QED) is 0.528. The number of nitrogens with one attached hydrogen (secondary N) is 1. The lowest BCUT2D eigenvalue weighted by atomic mass is 10.0. The maximum Gasteiger partial charge on any atom is 0.308 e. The van der Waals surface area contributed by atoms with Crippen molar-refractivity contribution in [2.45, 2.75) is 46.1 Å². The molecular weight excluding hydrogens is 348 g/mol. The van der Waals surface area contributed by atoms with Gasteiger partial charge < -0.3 is 10.1 Å². The van der Waals surface area contributed by atoms with E-state index in [1.54, 1.807) is 24.3 Å². The fraction of sp³-hybridized carbons (Fsp3) is 0.500. The molecule has 0 fully saturated rings. The molecule has 27 heavy (non-hydrogen) atoms. The molecule has 1 aliphatic rings. The molecule has 146 valence electrons. The zero-order valence-electron chi connectivity index (χ0n) is 16.0. The second-order valence-electron chi connectivity index (χ2n) is 7.16. The van der Waals surface area contributed by atoms with Gasteiger partial charge in [0.25, 0.3) is 17.7 Å². The number of benzene rings is 1. The summed E-state index contributed by atoms with van der Waals surface area (Å²) in [6, 6.07) is 6.54. The number of esters is 1. The highest BCUT2D eigenvalue weighted by Gasteiger charge is 2.35. The summed E-state index contributed by atoms with van der Waals surface area (Å²) < 4.78 is 4.94. The number of carbonyl (C=O) groups excluding carboxylic acids is 4. The number of nitrogens with zero attached hydrogens (tertiary/aromatic N) is 1. The minimum atomic E-state index is -0.628. The molecule has 0 aliphatic carbocycles. The average Bonchev–Trinajstić information content (AvgIpc) is 2.87. The first-order chi connectivity index (χ1) is 12.8. The number of amides is 3. The van der Waals surface area contributed by atoms with Crippen molar-refractivity contribution in [3.05, 3.63) is 35.4 Å². The van der Waals surface area contributed by atoms with Crippen LogP contribution in [0.4, 0.5) is 0 Å². The highest BCUT2D eigenvalue weighted by atomic mass is 16.5. The van der Waals surface area contributed by atoms with Crippen LogP contribution in [-0.2, 0) is 14.3 Å². The van der Waals surface area contributed by atoms with E-state index in [1.807, 2.05) is 6.92 Å². The van der Waals surface area contributed by atoms with Gasteiger partial charge >= 0.3 is 5.97 Å². The van der Waals surface area contributed by atoms with E-state index in [9.17, 15) is 19.2 Å². The molecule has 0 bridgehead atoms. The number of imide groups is 1. The molecule has 0 aromatic heterocycles. The van der Waals surface area contributed by atoms with E-state index >= 15 is 0 Å². The van der Waals surface area contributed by atoms with Gasteiger partial charge in [-0.05, 0) is 37.8 Å². The summed E-state index contributed by atoms with van der Waals surface area (Å²) in [5.41, 5.74) is 0.677. The van der Waals surface area contributed by atoms with Crippen LogP contribution in [-0.4, -0.2) is 47.8 Å². The summed E-state index contributed by atoms with van der Waals surface area (Å²) in [7, 11) is 0. The molecule has 3 amide bonds. The minimum absolute atomic E-state index is 0.0111. The Bertz CT molecular complexity index is 694. The Morgan fingerprint density at radius 3 is 2.19 bits per heavy atom. The summed E-state index contributed by atoms with van der Waals surface area (Å²) >= 11 is 0. The van der Waals surface area contributed by atoms with Crippen LogP contribution in [0.5, 0.6) is 0 Å². The highest BCUT2D eigenvalue weighted by Crippen LogP contribution is 2.22. The summed E-state index contributed by atoms with van der Waals surface area (Å²) in [6.07, 6.45) is 1.71. The average molecular weight is 374 g/mol. The Hall–Kier alpha value is -2.70. The molecule has 0 unspecified atom stereocenters. The molecule has 0 spiro atoms. The first-order valence-corrected chi connectivity index (χ1v) is 9.19. The van der Waals surface area contributed by atoms with Gasteiger partial charge in [0.05, 0.1) is 17.5 Å². The molecule has 2 rings (SSSR count). The fourth-order valence-electron chi connectivity index (χ4n) is 2.84. The number of fused-ring (bicyclic) bond motifs is 1. The van der Waals surface area contributed by atoms with Crippen molar-refractivity contribution in [2.75, 3.05) is 13.2 Å². The summed E-state index contributed by atoms with van der Waals surface area (Å²) in [6.45, 7) is 5.70. The van der Waals surface area contributed by atoms with E-state index in [0.717, 1.165) is 17.7 Å². The van der Waals surface area contributed by atoms with Gasteiger partial charge in [-0.15, -0.1) is 0 Å². The van der Waals surface area contributed by atoms with Gasteiger partial charge in [0, 0.05) is 12.6 Å². The standard InChI is InChI=1S/C20H26N2O5/c1-13(2)8-9-14(3)21-17(23)12-27-18(24)10-11-22-19(25)15-6-4-5-7-16(15)20(22)26/h4-7,13-14H,8-12H2,1-3H3,(H,21,23)/t14-/m0/s1. The molecule has 1 aromatic rings. The van der Waals surface area contributed by atoms with Crippen molar-refractivity contribution in [2.24, 2.45) is 5.92 Å². The molecule has 1 aromatic carbocycles. The number of hydrogen-bond donors (Lipinski definition) is 1. The van der Waals surface area contributed by atoms with Crippen molar-refractivity contribution >= 4 is 23.7 Å². The molecule has 0 saturated carbocycles. The van der Waals surface area contributed by atoms with Gasteiger partial charge in [-0.1, -0.05) is 26.0 Å². The first-order valence-electron chi connectivity index (χ1n) is 9.19. The van der Waals surface area contributed by atoms with Gasteiger partial charge in [0.2, 0.25) is 0 Å². The largest absolute Gasteiger partial charge is 0.456 e. The molecule has 7 nitrogen and oxygen atoms in total. The lowest BCUT2D eigenvalue weighted by Gasteiger charge is -2.15. The first kappa shape index (κ1) is 20.6. The number of ether oxygens (including phenoxy) is 1. The van der Waals surface area contributed by atoms with Gasteiger partial charge in [0.1, 0.15) is 0 Å². The van der Waals surface area contributed by atoms with Crippen LogP contribution in [0.3, 0.4) is 0 Å². The Kier molecular flexibility index (Phi) is 7.10. The van der Waals surface area contributed by atoms with Crippen LogP contribution >= 0.6 is 0 Å². The number of hydrogen-bond acceptors (Lipinski definition) is 5. The Morgan fingerprint density at radius 2 is 1.63 bits per heavy atom. The van der Waals surface area contributed by atoms with E-state index in [0.29, 0.717) is 17.0 Å². The van der Waals surface area contributed by atoms with Crippen LogP contribution in [0.2, 0.25) is 0 Å². The molecule has 1 atom stereocenters. The Balaban J connectivity index is 1.72. The van der Waals surface area contributed by atoms with Crippen molar-refractivity contribution in [1.29, 1.82) is 0 Å². The maximum atomic E-state index is 12.2. The predicted octanol–water partition coefficient (Wildman–Crippen LogP) is 2.16. The zero-order chi connectivity index (χ0) is 20.0. The van der Waals surface area contributed by atoms with Crippen LogP contribution in [0.15, 0.2) is 24.3 Å². The van der Waals surface area contributed by atoms with E-state index in [4.69, 9.17) is 4.74 Å². The fourth-order valence-corrected chi connectivity index (χ4v) is 2.84. The molecule has 7 heteroatoms. The maximum absolute atomic E-state index is 12.2. The Morgan fingerprint density at radius 1 is 1.04 bits per heavy atom. The van der Waals surface area contributed by atoms with E-state index in [2.05, 4.69) is 19.2 Å². The number of rotatable bonds is 9. The SMILES string of the molecule is CC(C)CC[C@H](C)NC(=O)COC(=O)CCN1C(=O)c2ccccc2C1=O. The third kappa shape index (κ3) is 5.64. The van der Waals surface area contributed by atoms with Crippen LogP contribution < -0.4 is 5.32 Å². The topological polar surface area (TPSA) is 92.8 Å². The van der Waals surface area contributed by atoms with Crippen LogP contribution in [0.1, 0.15) is 60.7 Å². The third-order valence-corrected chi connectivity index (χ3v) is 4.37. The normalized spacial score (nSPS) is 14.3. The second-order valence-corrected chi connectivity index (χ2v) is 7.16. The van der Waals surface area contributed by atoms with Gasteiger partial charge in [-0.3, -0.25) is 24.1 Å². The van der Waals surface area contributed by atoms with Gasteiger partial charge in [0.15, 0.2) is 6.61 Å².